The van der Waals surface area contributed by atoms with E-state index in [0.717, 1.165) is 56.3 Å². The maximum absolute atomic E-state index is 13.2. The minimum Gasteiger partial charge on any atom is -0.383 e. The summed E-state index contributed by atoms with van der Waals surface area (Å²) < 4.78 is 0. The fourth-order valence-electron chi connectivity index (χ4n) is 5.04. The molecule has 2 aliphatic heterocycles. The summed E-state index contributed by atoms with van der Waals surface area (Å²) in [6.45, 7) is 5.53. The van der Waals surface area contributed by atoms with Crippen LogP contribution in [-0.2, 0) is 14.4 Å². The van der Waals surface area contributed by atoms with Crippen LogP contribution in [0.3, 0.4) is 0 Å². The lowest BCUT2D eigenvalue weighted by atomic mass is 9.86. The summed E-state index contributed by atoms with van der Waals surface area (Å²) in [4.78, 5) is 45.3. The summed E-state index contributed by atoms with van der Waals surface area (Å²) in [5.41, 5.74) is 9.26. The molecule has 8 heteroatoms. The van der Waals surface area contributed by atoms with E-state index in [4.69, 9.17) is 5.73 Å². The topological polar surface area (TPSA) is 109 Å². The van der Waals surface area contributed by atoms with Crippen molar-refractivity contribution in [2.24, 2.45) is 0 Å². The van der Waals surface area contributed by atoms with Gasteiger partial charge in [0.15, 0.2) is 0 Å². The number of benzene rings is 1. The number of carbonyl (C=O) groups excluding carboxylic acids is 3. The molecular weight excluding hydrogens is 430 g/mol. The van der Waals surface area contributed by atoms with E-state index in [1.165, 1.54) is 11.8 Å². The van der Waals surface area contributed by atoms with Gasteiger partial charge in [0, 0.05) is 26.6 Å². The van der Waals surface area contributed by atoms with Gasteiger partial charge in [-0.3, -0.25) is 14.4 Å². The Hall–Kier alpha value is -3.42. The van der Waals surface area contributed by atoms with E-state index in [1.807, 2.05) is 11.0 Å². The van der Waals surface area contributed by atoms with Crippen molar-refractivity contribution in [3.8, 4) is 0 Å². The number of hydrogen-bond acceptors (Lipinski definition) is 5. The number of aryl methyl sites for hydroxylation is 1. The van der Waals surface area contributed by atoms with Crippen molar-refractivity contribution in [2.75, 3.05) is 30.7 Å². The Balaban J connectivity index is 1.48. The average Bonchev–Trinajstić information content (AvgIpc) is 2.86. The maximum atomic E-state index is 13.2. The molecular formula is C26H33N5O3. The molecule has 1 aromatic heterocycles. The molecule has 3 N–H and O–H groups in total. The molecule has 2 saturated heterocycles. The number of amides is 3. The lowest BCUT2D eigenvalue weighted by Gasteiger charge is -2.36. The largest absolute Gasteiger partial charge is 0.383 e. The first-order valence-corrected chi connectivity index (χ1v) is 12.0. The molecule has 8 nitrogen and oxygen atoms in total. The zero-order chi connectivity index (χ0) is 24.2. The second kappa shape index (κ2) is 10.2. The molecule has 34 heavy (non-hydrogen) atoms. The Bertz CT molecular complexity index is 1080. The second-order valence-electron chi connectivity index (χ2n) is 9.34. The predicted octanol–water partition coefficient (Wildman–Crippen LogP) is 3.39. The number of hydrogen-bond donors (Lipinski definition) is 2. The van der Waals surface area contributed by atoms with Crippen molar-refractivity contribution in [1.82, 2.24) is 14.8 Å². The van der Waals surface area contributed by atoms with Gasteiger partial charge in [0.05, 0.1) is 17.9 Å². The number of pyridine rings is 1. The third kappa shape index (κ3) is 5.21. The SMILES string of the molecule is CC(=O)N1CCC(c2cccc([C@H]3CCCCN3C(=O)C(=O)Nc3cnc(N)c(C)c3)c2)CC1. The van der Waals surface area contributed by atoms with Crippen LogP contribution in [0, 0.1) is 6.92 Å². The smallest absolute Gasteiger partial charge is 0.313 e. The Kier molecular flexibility index (Phi) is 7.14. The van der Waals surface area contributed by atoms with Crippen molar-refractivity contribution < 1.29 is 14.4 Å². The fourth-order valence-corrected chi connectivity index (χ4v) is 5.04. The summed E-state index contributed by atoms with van der Waals surface area (Å²) in [5.74, 6) is -0.267. The summed E-state index contributed by atoms with van der Waals surface area (Å²) in [6, 6.07) is 10.0. The molecule has 1 atom stereocenters. The molecule has 2 fully saturated rings. The van der Waals surface area contributed by atoms with Crippen LogP contribution in [0.1, 0.15) is 67.7 Å². The van der Waals surface area contributed by atoms with Gasteiger partial charge >= 0.3 is 11.8 Å². The highest BCUT2D eigenvalue weighted by atomic mass is 16.2. The number of piperidine rings is 2. The number of rotatable bonds is 3. The van der Waals surface area contributed by atoms with Crippen LogP contribution in [-0.4, -0.2) is 52.1 Å². The molecule has 2 aliphatic rings. The number of aromatic nitrogens is 1. The van der Waals surface area contributed by atoms with Crippen LogP contribution in [0.2, 0.25) is 0 Å². The zero-order valence-corrected chi connectivity index (χ0v) is 19.9. The Morgan fingerprint density at radius 3 is 2.47 bits per heavy atom. The van der Waals surface area contributed by atoms with Crippen molar-refractivity contribution in [3.63, 3.8) is 0 Å². The summed E-state index contributed by atoms with van der Waals surface area (Å²) in [5, 5.41) is 2.67. The van der Waals surface area contributed by atoms with Crippen LogP contribution in [0.4, 0.5) is 11.5 Å². The number of carbonyl (C=O) groups is 3. The summed E-state index contributed by atoms with van der Waals surface area (Å²) in [6.07, 6.45) is 6.05. The van der Waals surface area contributed by atoms with Crippen molar-refractivity contribution in [1.29, 1.82) is 0 Å². The summed E-state index contributed by atoms with van der Waals surface area (Å²) >= 11 is 0. The number of nitrogens with one attached hydrogen (secondary N) is 1. The maximum Gasteiger partial charge on any atom is 0.313 e. The van der Waals surface area contributed by atoms with Crippen LogP contribution in [0.5, 0.6) is 0 Å². The fraction of sp³-hybridized carbons (Fsp3) is 0.462. The highest BCUT2D eigenvalue weighted by molar-refractivity contribution is 6.39. The van der Waals surface area contributed by atoms with E-state index in [1.54, 1.807) is 24.8 Å². The molecule has 0 bridgehead atoms. The third-order valence-electron chi connectivity index (χ3n) is 7.04. The van der Waals surface area contributed by atoms with Gasteiger partial charge in [-0.1, -0.05) is 24.3 Å². The zero-order valence-electron chi connectivity index (χ0n) is 19.9. The molecule has 1 aromatic carbocycles. The molecule has 2 aromatic rings. The van der Waals surface area contributed by atoms with Crippen molar-refractivity contribution in [2.45, 2.75) is 57.9 Å². The van der Waals surface area contributed by atoms with Gasteiger partial charge in [-0.05, 0) is 67.7 Å². The van der Waals surface area contributed by atoms with Gasteiger partial charge in [-0.15, -0.1) is 0 Å². The highest BCUT2D eigenvalue weighted by Crippen LogP contribution is 2.35. The van der Waals surface area contributed by atoms with E-state index in [0.29, 0.717) is 24.0 Å². The molecule has 0 spiro atoms. The lowest BCUT2D eigenvalue weighted by molar-refractivity contribution is -0.145. The van der Waals surface area contributed by atoms with Crippen LogP contribution in [0.15, 0.2) is 36.5 Å². The van der Waals surface area contributed by atoms with E-state index in [2.05, 4.69) is 28.5 Å². The van der Waals surface area contributed by atoms with E-state index < -0.39 is 11.8 Å². The standard InChI is InChI=1S/C26H33N5O3/c1-17-14-22(16-28-24(17)27)29-25(33)26(34)31-11-4-3-8-23(31)21-7-5-6-20(15-21)19-9-12-30(13-10-19)18(2)32/h5-7,14-16,19,23H,3-4,8-13H2,1-2H3,(H2,27,28)(H,29,33)/t23-/m1/s1. The van der Waals surface area contributed by atoms with Crippen LogP contribution in [0.25, 0.3) is 0 Å². The first-order valence-electron chi connectivity index (χ1n) is 12.0. The average molecular weight is 464 g/mol. The van der Waals surface area contributed by atoms with Gasteiger partial charge < -0.3 is 20.9 Å². The molecule has 0 radical (unpaired) electrons. The molecule has 0 saturated carbocycles. The monoisotopic (exact) mass is 463 g/mol. The van der Waals surface area contributed by atoms with Gasteiger partial charge in [0.2, 0.25) is 5.91 Å². The number of nitrogens with zero attached hydrogens (tertiary/aromatic N) is 3. The summed E-state index contributed by atoms with van der Waals surface area (Å²) in [7, 11) is 0. The van der Waals surface area contributed by atoms with E-state index >= 15 is 0 Å². The minimum absolute atomic E-state index is 0.129. The van der Waals surface area contributed by atoms with Crippen molar-refractivity contribution in [3.05, 3.63) is 53.2 Å². The number of likely N-dealkylation sites (tertiary alicyclic amines) is 2. The van der Waals surface area contributed by atoms with Crippen LogP contribution >= 0.6 is 0 Å². The second-order valence-corrected chi connectivity index (χ2v) is 9.34. The number of nitrogens with two attached hydrogens (primary N) is 1. The minimum atomic E-state index is -0.661. The third-order valence-corrected chi connectivity index (χ3v) is 7.04. The predicted molar refractivity (Wildman–Crippen MR) is 131 cm³/mol. The van der Waals surface area contributed by atoms with Crippen LogP contribution < -0.4 is 11.1 Å². The van der Waals surface area contributed by atoms with E-state index in [9.17, 15) is 14.4 Å². The van der Waals surface area contributed by atoms with Gasteiger partial charge in [0.1, 0.15) is 5.82 Å². The normalized spacial score (nSPS) is 19.1. The number of nitrogen functional groups attached to an aromatic ring is 1. The first kappa shape index (κ1) is 23.7. The Labute approximate surface area is 200 Å². The lowest BCUT2D eigenvalue weighted by Crippen LogP contribution is -2.44. The Morgan fingerprint density at radius 2 is 1.76 bits per heavy atom. The molecule has 180 valence electrons. The Morgan fingerprint density at radius 1 is 1.03 bits per heavy atom. The molecule has 3 heterocycles. The molecule has 0 unspecified atom stereocenters. The highest BCUT2D eigenvalue weighted by Gasteiger charge is 2.32. The van der Waals surface area contributed by atoms with Gasteiger partial charge in [-0.2, -0.15) is 0 Å². The quantitative estimate of drug-likeness (QED) is 0.679. The first-order chi connectivity index (χ1) is 16.3. The number of anilines is 2. The molecule has 3 amide bonds. The molecule has 0 aliphatic carbocycles. The molecule has 4 rings (SSSR count). The van der Waals surface area contributed by atoms with Gasteiger partial charge in [-0.25, -0.2) is 4.98 Å². The van der Waals surface area contributed by atoms with Crippen molar-refractivity contribution >= 4 is 29.2 Å². The van der Waals surface area contributed by atoms with Gasteiger partial charge in [0.25, 0.3) is 0 Å². The van der Waals surface area contributed by atoms with E-state index in [-0.39, 0.29) is 11.9 Å².